The fourth-order valence-corrected chi connectivity index (χ4v) is 3.03. The molecule has 1 aliphatic carbocycles. The second-order valence-corrected chi connectivity index (χ2v) is 5.75. The summed E-state index contributed by atoms with van der Waals surface area (Å²) >= 11 is 0. The molecule has 0 spiro atoms. The van der Waals surface area contributed by atoms with E-state index < -0.39 is 0 Å². The standard InChI is InChI=1S/C16H22N2O/c19-16(18-13-7-4-9-17-10-8-13)15-11-14(15)12-5-2-1-3-6-12/h1-3,5-6,13-15,17H,4,7-11H2,(H,18,19). The van der Waals surface area contributed by atoms with Gasteiger partial charge in [-0.2, -0.15) is 0 Å². The van der Waals surface area contributed by atoms with Crippen LogP contribution in [0, 0.1) is 5.92 Å². The molecule has 1 aliphatic heterocycles. The molecule has 1 amide bonds. The molecule has 102 valence electrons. The van der Waals surface area contributed by atoms with Crippen LogP contribution >= 0.6 is 0 Å². The highest BCUT2D eigenvalue weighted by molar-refractivity contribution is 5.83. The molecular weight excluding hydrogens is 236 g/mol. The van der Waals surface area contributed by atoms with Gasteiger partial charge in [-0.3, -0.25) is 4.79 Å². The van der Waals surface area contributed by atoms with Gasteiger partial charge in [0.2, 0.25) is 5.91 Å². The maximum absolute atomic E-state index is 12.2. The van der Waals surface area contributed by atoms with Crippen LogP contribution < -0.4 is 10.6 Å². The van der Waals surface area contributed by atoms with Gasteiger partial charge in [0.05, 0.1) is 0 Å². The zero-order valence-electron chi connectivity index (χ0n) is 11.3. The fraction of sp³-hybridized carbons (Fsp3) is 0.562. The second-order valence-electron chi connectivity index (χ2n) is 5.75. The first-order valence-corrected chi connectivity index (χ1v) is 7.40. The molecule has 3 heteroatoms. The van der Waals surface area contributed by atoms with Crippen molar-refractivity contribution in [2.45, 2.75) is 37.6 Å². The Morgan fingerprint density at radius 2 is 2.00 bits per heavy atom. The Morgan fingerprint density at radius 3 is 2.84 bits per heavy atom. The molecular formula is C16H22N2O. The predicted octanol–water partition coefficient (Wildman–Crippen LogP) is 2.05. The van der Waals surface area contributed by atoms with Gasteiger partial charge in [0.1, 0.15) is 0 Å². The Hall–Kier alpha value is -1.35. The average Bonchev–Trinajstić information content (AvgIpc) is 3.24. The Bertz CT molecular complexity index is 424. The van der Waals surface area contributed by atoms with Gasteiger partial charge in [-0.25, -0.2) is 0 Å². The fourth-order valence-electron chi connectivity index (χ4n) is 3.03. The summed E-state index contributed by atoms with van der Waals surface area (Å²) in [4.78, 5) is 12.2. The van der Waals surface area contributed by atoms with Crippen molar-refractivity contribution in [3.8, 4) is 0 Å². The summed E-state index contributed by atoms with van der Waals surface area (Å²) in [6.45, 7) is 2.11. The number of amides is 1. The summed E-state index contributed by atoms with van der Waals surface area (Å²) < 4.78 is 0. The molecule has 1 saturated heterocycles. The van der Waals surface area contributed by atoms with Crippen molar-refractivity contribution >= 4 is 5.91 Å². The first-order valence-electron chi connectivity index (χ1n) is 7.40. The van der Waals surface area contributed by atoms with E-state index in [4.69, 9.17) is 0 Å². The molecule has 1 aromatic rings. The van der Waals surface area contributed by atoms with Gasteiger partial charge in [0.15, 0.2) is 0 Å². The second kappa shape index (κ2) is 5.74. The molecule has 2 N–H and O–H groups in total. The van der Waals surface area contributed by atoms with Crippen LogP contribution in [0.5, 0.6) is 0 Å². The Morgan fingerprint density at radius 1 is 1.16 bits per heavy atom. The van der Waals surface area contributed by atoms with E-state index in [2.05, 4.69) is 34.9 Å². The lowest BCUT2D eigenvalue weighted by molar-refractivity contribution is -0.123. The third-order valence-electron chi connectivity index (χ3n) is 4.28. The summed E-state index contributed by atoms with van der Waals surface area (Å²) in [6, 6.07) is 10.8. The highest BCUT2D eigenvalue weighted by Gasteiger charge is 2.44. The predicted molar refractivity (Wildman–Crippen MR) is 75.9 cm³/mol. The van der Waals surface area contributed by atoms with Gasteiger partial charge >= 0.3 is 0 Å². The lowest BCUT2D eigenvalue weighted by atomic mass is 10.1. The van der Waals surface area contributed by atoms with Crippen molar-refractivity contribution in [3.05, 3.63) is 35.9 Å². The van der Waals surface area contributed by atoms with E-state index in [1.54, 1.807) is 0 Å². The first kappa shape index (κ1) is 12.7. The smallest absolute Gasteiger partial charge is 0.223 e. The zero-order valence-corrected chi connectivity index (χ0v) is 11.3. The number of carbonyl (C=O) groups excluding carboxylic acids is 1. The van der Waals surface area contributed by atoms with Gasteiger partial charge in [-0.15, -0.1) is 0 Å². The minimum Gasteiger partial charge on any atom is -0.353 e. The maximum atomic E-state index is 12.2. The molecule has 1 aromatic carbocycles. The lowest BCUT2D eigenvalue weighted by Crippen LogP contribution is -2.36. The van der Waals surface area contributed by atoms with Crippen LogP contribution in [0.2, 0.25) is 0 Å². The van der Waals surface area contributed by atoms with Gasteiger partial charge in [-0.05, 0) is 50.3 Å². The normalized spacial score (nSPS) is 30.4. The van der Waals surface area contributed by atoms with Crippen molar-refractivity contribution < 1.29 is 4.79 Å². The van der Waals surface area contributed by atoms with Crippen molar-refractivity contribution in [3.63, 3.8) is 0 Å². The minimum atomic E-state index is 0.207. The van der Waals surface area contributed by atoms with Crippen LogP contribution in [0.3, 0.4) is 0 Å². The Kier molecular flexibility index (Phi) is 3.83. The number of carbonyl (C=O) groups is 1. The number of nitrogens with one attached hydrogen (secondary N) is 2. The molecule has 3 rings (SSSR count). The zero-order chi connectivity index (χ0) is 13.1. The lowest BCUT2D eigenvalue weighted by Gasteiger charge is -2.15. The van der Waals surface area contributed by atoms with E-state index in [1.807, 2.05) is 6.07 Å². The molecule has 2 aliphatic rings. The van der Waals surface area contributed by atoms with Gasteiger partial charge in [0.25, 0.3) is 0 Å². The Balaban J connectivity index is 1.52. The quantitative estimate of drug-likeness (QED) is 0.871. The highest BCUT2D eigenvalue weighted by atomic mass is 16.2. The summed E-state index contributed by atoms with van der Waals surface area (Å²) in [5, 5.41) is 6.62. The third kappa shape index (κ3) is 3.16. The summed E-state index contributed by atoms with van der Waals surface area (Å²) in [7, 11) is 0. The van der Waals surface area contributed by atoms with Gasteiger partial charge < -0.3 is 10.6 Å². The van der Waals surface area contributed by atoms with Crippen molar-refractivity contribution in [1.29, 1.82) is 0 Å². The number of hydrogen-bond acceptors (Lipinski definition) is 2. The maximum Gasteiger partial charge on any atom is 0.223 e. The molecule has 2 fully saturated rings. The summed E-state index contributed by atoms with van der Waals surface area (Å²) in [5.74, 6) is 0.921. The van der Waals surface area contributed by atoms with Crippen LogP contribution in [0.25, 0.3) is 0 Å². The molecule has 3 unspecified atom stereocenters. The van der Waals surface area contributed by atoms with Crippen LogP contribution in [-0.4, -0.2) is 25.0 Å². The summed E-state index contributed by atoms with van der Waals surface area (Å²) in [6.07, 6.45) is 4.36. The van der Waals surface area contributed by atoms with E-state index in [0.29, 0.717) is 12.0 Å². The van der Waals surface area contributed by atoms with Crippen molar-refractivity contribution in [2.24, 2.45) is 5.92 Å². The van der Waals surface area contributed by atoms with E-state index in [9.17, 15) is 4.79 Å². The topological polar surface area (TPSA) is 41.1 Å². The molecule has 1 heterocycles. The Labute approximate surface area is 114 Å². The van der Waals surface area contributed by atoms with E-state index >= 15 is 0 Å². The average molecular weight is 258 g/mol. The number of hydrogen-bond donors (Lipinski definition) is 2. The van der Waals surface area contributed by atoms with Gasteiger partial charge in [-0.1, -0.05) is 30.3 Å². The molecule has 3 nitrogen and oxygen atoms in total. The van der Waals surface area contributed by atoms with Crippen LogP contribution in [-0.2, 0) is 4.79 Å². The first-order chi connectivity index (χ1) is 9.34. The van der Waals surface area contributed by atoms with Gasteiger partial charge in [0, 0.05) is 12.0 Å². The van der Waals surface area contributed by atoms with Crippen molar-refractivity contribution in [1.82, 2.24) is 10.6 Å². The SMILES string of the molecule is O=C(NC1CCCNCC1)C1CC1c1ccccc1. The monoisotopic (exact) mass is 258 g/mol. The summed E-state index contributed by atoms with van der Waals surface area (Å²) in [5.41, 5.74) is 1.31. The third-order valence-corrected chi connectivity index (χ3v) is 4.28. The van der Waals surface area contributed by atoms with E-state index in [-0.39, 0.29) is 11.8 Å². The molecule has 0 radical (unpaired) electrons. The van der Waals surface area contributed by atoms with Crippen LogP contribution in [0.15, 0.2) is 30.3 Å². The van der Waals surface area contributed by atoms with E-state index in [0.717, 1.165) is 38.8 Å². The van der Waals surface area contributed by atoms with E-state index in [1.165, 1.54) is 5.56 Å². The van der Waals surface area contributed by atoms with Crippen molar-refractivity contribution in [2.75, 3.05) is 13.1 Å². The van der Waals surface area contributed by atoms with Crippen LogP contribution in [0.1, 0.15) is 37.2 Å². The molecule has 0 aromatic heterocycles. The molecule has 3 atom stereocenters. The number of benzene rings is 1. The molecule has 1 saturated carbocycles. The largest absolute Gasteiger partial charge is 0.353 e. The molecule has 0 bridgehead atoms. The van der Waals surface area contributed by atoms with Crippen LogP contribution in [0.4, 0.5) is 0 Å². The molecule has 19 heavy (non-hydrogen) atoms. The highest BCUT2D eigenvalue weighted by Crippen LogP contribution is 2.47. The minimum absolute atomic E-state index is 0.207. The number of rotatable bonds is 3.